The van der Waals surface area contributed by atoms with Crippen molar-refractivity contribution in [3.63, 3.8) is 0 Å². The number of hydrogen-bond acceptors (Lipinski definition) is 4. The van der Waals surface area contributed by atoms with Gasteiger partial charge in [-0.1, -0.05) is 24.3 Å². The molecule has 5 heteroatoms. The zero-order valence-electron chi connectivity index (χ0n) is 11.4. The molecular weight excluding hydrogens is 240 g/mol. The molecular formula is C14H20N4O. The van der Waals surface area contributed by atoms with Crippen LogP contribution in [0.15, 0.2) is 30.5 Å². The summed E-state index contributed by atoms with van der Waals surface area (Å²) < 4.78 is 7.10. The van der Waals surface area contributed by atoms with Crippen molar-refractivity contribution < 1.29 is 4.74 Å². The Morgan fingerprint density at radius 1 is 1.42 bits per heavy atom. The van der Waals surface area contributed by atoms with Crippen LogP contribution in [0.1, 0.15) is 30.6 Å². The van der Waals surface area contributed by atoms with E-state index in [0.717, 1.165) is 36.4 Å². The van der Waals surface area contributed by atoms with Gasteiger partial charge in [-0.15, -0.1) is 5.10 Å². The molecule has 1 atom stereocenters. The van der Waals surface area contributed by atoms with Crippen LogP contribution in [0, 0.1) is 0 Å². The van der Waals surface area contributed by atoms with Crippen LogP contribution in [-0.4, -0.2) is 22.1 Å². The molecule has 2 N–H and O–H groups in total. The van der Waals surface area contributed by atoms with E-state index in [2.05, 4.69) is 23.3 Å². The summed E-state index contributed by atoms with van der Waals surface area (Å²) in [6.45, 7) is 2.96. The van der Waals surface area contributed by atoms with E-state index in [4.69, 9.17) is 10.5 Å². The SMILES string of the molecule is CCCn1nncc1C(N)Cc1cccc(OC)c1. The van der Waals surface area contributed by atoms with E-state index in [0.29, 0.717) is 0 Å². The van der Waals surface area contributed by atoms with E-state index < -0.39 is 0 Å². The number of rotatable bonds is 6. The third-order valence-corrected chi connectivity index (χ3v) is 3.05. The first kappa shape index (κ1) is 13.5. The minimum Gasteiger partial charge on any atom is -0.497 e. The van der Waals surface area contributed by atoms with Gasteiger partial charge in [-0.05, 0) is 30.5 Å². The molecule has 102 valence electrons. The van der Waals surface area contributed by atoms with Gasteiger partial charge in [-0.2, -0.15) is 0 Å². The molecule has 0 fully saturated rings. The van der Waals surface area contributed by atoms with Gasteiger partial charge in [-0.3, -0.25) is 0 Å². The number of aromatic nitrogens is 3. The van der Waals surface area contributed by atoms with Crippen molar-refractivity contribution in [2.45, 2.75) is 32.4 Å². The standard InChI is InChI=1S/C14H20N4O/c1-3-7-18-14(10-16-17-18)13(15)9-11-5-4-6-12(8-11)19-2/h4-6,8,10,13H,3,7,9,15H2,1-2H3. The Hall–Kier alpha value is -1.88. The second-order valence-corrected chi connectivity index (χ2v) is 4.54. The first-order valence-electron chi connectivity index (χ1n) is 6.51. The lowest BCUT2D eigenvalue weighted by Gasteiger charge is -2.13. The van der Waals surface area contributed by atoms with E-state index in [1.54, 1.807) is 13.3 Å². The van der Waals surface area contributed by atoms with E-state index in [-0.39, 0.29) is 6.04 Å². The number of nitrogens with two attached hydrogens (primary N) is 1. The monoisotopic (exact) mass is 260 g/mol. The Morgan fingerprint density at radius 3 is 3.00 bits per heavy atom. The van der Waals surface area contributed by atoms with Gasteiger partial charge in [-0.25, -0.2) is 4.68 Å². The molecule has 0 aliphatic carbocycles. The molecule has 0 saturated heterocycles. The Labute approximate surface area is 113 Å². The highest BCUT2D eigenvalue weighted by molar-refractivity contribution is 5.29. The van der Waals surface area contributed by atoms with Crippen molar-refractivity contribution in [2.24, 2.45) is 5.73 Å². The molecule has 1 heterocycles. The maximum absolute atomic E-state index is 6.25. The van der Waals surface area contributed by atoms with Crippen LogP contribution in [0.3, 0.4) is 0 Å². The lowest BCUT2D eigenvalue weighted by molar-refractivity contribution is 0.414. The van der Waals surface area contributed by atoms with Gasteiger partial charge >= 0.3 is 0 Å². The summed E-state index contributed by atoms with van der Waals surface area (Å²) in [6.07, 6.45) is 3.51. The largest absolute Gasteiger partial charge is 0.497 e. The fourth-order valence-electron chi connectivity index (χ4n) is 2.10. The van der Waals surface area contributed by atoms with E-state index >= 15 is 0 Å². The van der Waals surface area contributed by atoms with Gasteiger partial charge in [0, 0.05) is 6.54 Å². The van der Waals surface area contributed by atoms with E-state index in [1.165, 1.54) is 0 Å². The summed E-state index contributed by atoms with van der Waals surface area (Å²) >= 11 is 0. The molecule has 19 heavy (non-hydrogen) atoms. The fraction of sp³-hybridized carbons (Fsp3) is 0.429. The van der Waals surface area contributed by atoms with Crippen molar-refractivity contribution in [1.82, 2.24) is 15.0 Å². The highest BCUT2D eigenvalue weighted by Gasteiger charge is 2.13. The predicted octanol–water partition coefficient (Wildman–Crippen LogP) is 1.94. The van der Waals surface area contributed by atoms with Crippen molar-refractivity contribution in [1.29, 1.82) is 0 Å². The minimum absolute atomic E-state index is 0.103. The zero-order valence-corrected chi connectivity index (χ0v) is 11.4. The first-order valence-corrected chi connectivity index (χ1v) is 6.51. The molecule has 1 aromatic carbocycles. The summed E-state index contributed by atoms with van der Waals surface area (Å²) in [5, 5.41) is 8.01. The number of methoxy groups -OCH3 is 1. The zero-order chi connectivity index (χ0) is 13.7. The van der Waals surface area contributed by atoms with Gasteiger partial charge in [0.1, 0.15) is 5.75 Å². The third-order valence-electron chi connectivity index (χ3n) is 3.05. The molecule has 1 aromatic heterocycles. The lowest BCUT2D eigenvalue weighted by atomic mass is 10.0. The summed E-state index contributed by atoms with van der Waals surface area (Å²) in [5.41, 5.74) is 8.38. The van der Waals surface area contributed by atoms with Gasteiger partial charge in [0.15, 0.2) is 0 Å². The molecule has 1 unspecified atom stereocenters. The van der Waals surface area contributed by atoms with Crippen LogP contribution in [0.25, 0.3) is 0 Å². The first-order chi connectivity index (χ1) is 9.24. The maximum atomic E-state index is 6.25. The van der Waals surface area contributed by atoms with Gasteiger partial charge in [0.2, 0.25) is 0 Å². The molecule has 0 spiro atoms. The van der Waals surface area contributed by atoms with Crippen molar-refractivity contribution >= 4 is 0 Å². The topological polar surface area (TPSA) is 66.0 Å². The summed E-state index contributed by atoms with van der Waals surface area (Å²) in [4.78, 5) is 0. The van der Waals surface area contributed by atoms with Gasteiger partial charge in [0.25, 0.3) is 0 Å². The third kappa shape index (κ3) is 3.32. The quantitative estimate of drug-likeness (QED) is 0.862. The average Bonchev–Trinajstić information content (AvgIpc) is 2.88. The fourth-order valence-corrected chi connectivity index (χ4v) is 2.10. The molecule has 0 radical (unpaired) electrons. The second-order valence-electron chi connectivity index (χ2n) is 4.54. The van der Waals surface area contributed by atoms with Crippen molar-refractivity contribution in [3.05, 3.63) is 41.7 Å². The summed E-state index contributed by atoms with van der Waals surface area (Å²) in [5.74, 6) is 0.852. The number of ether oxygens (including phenoxy) is 1. The van der Waals surface area contributed by atoms with Gasteiger partial charge < -0.3 is 10.5 Å². The molecule has 0 aliphatic heterocycles. The summed E-state index contributed by atoms with van der Waals surface area (Å²) in [7, 11) is 1.67. The Kier molecular flexibility index (Phi) is 4.52. The molecule has 2 rings (SSSR count). The molecule has 0 bridgehead atoms. The van der Waals surface area contributed by atoms with E-state index in [9.17, 15) is 0 Å². The average molecular weight is 260 g/mol. The molecule has 5 nitrogen and oxygen atoms in total. The van der Waals surface area contributed by atoms with Crippen LogP contribution in [-0.2, 0) is 13.0 Å². The van der Waals surface area contributed by atoms with Crippen LogP contribution < -0.4 is 10.5 Å². The Morgan fingerprint density at radius 2 is 2.26 bits per heavy atom. The minimum atomic E-state index is -0.103. The molecule has 0 amide bonds. The van der Waals surface area contributed by atoms with Crippen LogP contribution in [0.5, 0.6) is 5.75 Å². The maximum Gasteiger partial charge on any atom is 0.119 e. The number of aryl methyl sites for hydroxylation is 1. The van der Waals surface area contributed by atoms with E-state index in [1.807, 2.05) is 22.9 Å². The van der Waals surface area contributed by atoms with Crippen LogP contribution in [0.2, 0.25) is 0 Å². The molecule has 0 saturated carbocycles. The second kappa shape index (κ2) is 6.33. The van der Waals surface area contributed by atoms with Crippen molar-refractivity contribution in [3.8, 4) is 5.75 Å². The highest BCUT2D eigenvalue weighted by atomic mass is 16.5. The highest BCUT2D eigenvalue weighted by Crippen LogP contribution is 2.19. The lowest BCUT2D eigenvalue weighted by Crippen LogP contribution is -2.18. The summed E-state index contributed by atoms with van der Waals surface area (Å²) in [6, 6.07) is 7.86. The Balaban J connectivity index is 2.11. The molecule has 0 aliphatic rings. The Bertz CT molecular complexity index is 524. The molecule has 2 aromatic rings. The van der Waals surface area contributed by atoms with Crippen LogP contribution >= 0.6 is 0 Å². The van der Waals surface area contributed by atoms with Crippen molar-refractivity contribution in [2.75, 3.05) is 7.11 Å². The number of nitrogens with zero attached hydrogens (tertiary/aromatic N) is 3. The van der Waals surface area contributed by atoms with Crippen LogP contribution in [0.4, 0.5) is 0 Å². The predicted molar refractivity (Wildman–Crippen MR) is 73.9 cm³/mol. The normalized spacial score (nSPS) is 12.4. The number of benzene rings is 1. The van der Waals surface area contributed by atoms with Gasteiger partial charge in [0.05, 0.1) is 25.0 Å². The smallest absolute Gasteiger partial charge is 0.119 e. The number of hydrogen-bond donors (Lipinski definition) is 1.